The predicted molar refractivity (Wildman–Crippen MR) is 85.5 cm³/mol. The Bertz CT molecular complexity index is 525. The average Bonchev–Trinajstić information content (AvgIpc) is 3.35. The standard InChI is InChI=1S/C18H24N2O2/c21-17(12-14-9-10-14)20-11-5-4-8-16(13-20)19-18(22)15-6-2-1-3-7-15/h1-3,6-7,14,16H,4-5,8-13H2,(H,19,22). The summed E-state index contributed by atoms with van der Waals surface area (Å²) >= 11 is 0. The number of hydrogen-bond donors (Lipinski definition) is 1. The SMILES string of the molecule is O=C(NC1CCCCN(C(=O)CC2CC2)C1)c1ccccc1. The lowest BCUT2D eigenvalue weighted by Gasteiger charge is -2.25. The fourth-order valence-corrected chi connectivity index (χ4v) is 3.04. The van der Waals surface area contributed by atoms with Crippen LogP contribution in [-0.4, -0.2) is 35.8 Å². The molecule has 1 aliphatic carbocycles. The first-order valence-electron chi connectivity index (χ1n) is 8.36. The molecule has 0 spiro atoms. The summed E-state index contributed by atoms with van der Waals surface area (Å²) in [4.78, 5) is 26.6. The summed E-state index contributed by atoms with van der Waals surface area (Å²) in [5.74, 6) is 0.846. The van der Waals surface area contributed by atoms with Crippen molar-refractivity contribution in [3.05, 3.63) is 35.9 Å². The molecule has 0 radical (unpaired) electrons. The topological polar surface area (TPSA) is 49.4 Å². The number of likely N-dealkylation sites (tertiary alicyclic amines) is 1. The van der Waals surface area contributed by atoms with Gasteiger partial charge in [-0.05, 0) is 50.2 Å². The van der Waals surface area contributed by atoms with Crippen molar-refractivity contribution in [1.82, 2.24) is 10.2 Å². The maximum atomic E-state index is 12.3. The Labute approximate surface area is 131 Å². The molecule has 2 aliphatic rings. The van der Waals surface area contributed by atoms with Crippen LogP contribution in [0.4, 0.5) is 0 Å². The van der Waals surface area contributed by atoms with Crippen LogP contribution in [0.25, 0.3) is 0 Å². The Balaban J connectivity index is 1.57. The number of nitrogens with one attached hydrogen (secondary N) is 1. The third kappa shape index (κ3) is 4.09. The van der Waals surface area contributed by atoms with Crippen LogP contribution < -0.4 is 5.32 Å². The zero-order valence-electron chi connectivity index (χ0n) is 13.0. The highest BCUT2D eigenvalue weighted by Gasteiger charge is 2.29. The van der Waals surface area contributed by atoms with Gasteiger partial charge in [0.2, 0.25) is 5.91 Å². The van der Waals surface area contributed by atoms with E-state index in [1.807, 2.05) is 35.2 Å². The van der Waals surface area contributed by atoms with E-state index in [2.05, 4.69) is 5.32 Å². The molecule has 0 aromatic heterocycles. The normalized spacial score (nSPS) is 22.0. The maximum Gasteiger partial charge on any atom is 0.251 e. The van der Waals surface area contributed by atoms with Crippen LogP contribution in [0.3, 0.4) is 0 Å². The minimum absolute atomic E-state index is 0.0397. The summed E-state index contributed by atoms with van der Waals surface area (Å²) in [5, 5.41) is 3.10. The van der Waals surface area contributed by atoms with E-state index in [0.29, 0.717) is 24.4 Å². The van der Waals surface area contributed by atoms with Crippen molar-refractivity contribution >= 4 is 11.8 Å². The fraction of sp³-hybridized carbons (Fsp3) is 0.556. The lowest BCUT2D eigenvalue weighted by molar-refractivity contribution is -0.131. The minimum Gasteiger partial charge on any atom is -0.348 e. The second-order valence-corrected chi connectivity index (χ2v) is 6.52. The summed E-state index contributed by atoms with van der Waals surface area (Å²) < 4.78 is 0. The van der Waals surface area contributed by atoms with Gasteiger partial charge < -0.3 is 10.2 Å². The molecule has 1 saturated carbocycles. The molecule has 1 saturated heterocycles. The van der Waals surface area contributed by atoms with Gasteiger partial charge in [0.1, 0.15) is 0 Å². The van der Waals surface area contributed by atoms with Gasteiger partial charge >= 0.3 is 0 Å². The number of rotatable bonds is 4. The Morgan fingerprint density at radius 2 is 1.86 bits per heavy atom. The monoisotopic (exact) mass is 300 g/mol. The van der Waals surface area contributed by atoms with Crippen LogP contribution in [-0.2, 0) is 4.79 Å². The van der Waals surface area contributed by atoms with Gasteiger partial charge in [-0.2, -0.15) is 0 Å². The average molecular weight is 300 g/mol. The second kappa shape index (κ2) is 6.95. The van der Waals surface area contributed by atoms with Crippen LogP contribution in [0.5, 0.6) is 0 Å². The quantitative estimate of drug-likeness (QED) is 0.929. The molecule has 1 atom stereocenters. The molecule has 1 aromatic rings. The smallest absolute Gasteiger partial charge is 0.251 e. The van der Waals surface area contributed by atoms with Gasteiger partial charge in [-0.15, -0.1) is 0 Å². The molecule has 1 aliphatic heterocycles. The van der Waals surface area contributed by atoms with Gasteiger partial charge in [0, 0.05) is 31.1 Å². The molecule has 0 bridgehead atoms. The third-order valence-corrected chi connectivity index (χ3v) is 4.56. The Morgan fingerprint density at radius 3 is 2.59 bits per heavy atom. The van der Waals surface area contributed by atoms with Crippen molar-refractivity contribution < 1.29 is 9.59 Å². The number of benzene rings is 1. The van der Waals surface area contributed by atoms with E-state index in [1.165, 1.54) is 12.8 Å². The molecule has 2 fully saturated rings. The number of nitrogens with zero attached hydrogens (tertiary/aromatic N) is 1. The van der Waals surface area contributed by atoms with Gasteiger partial charge in [-0.3, -0.25) is 9.59 Å². The maximum absolute atomic E-state index is 12.3. The van der Waals surface area contributed by atoms with Crippen LogP contribution >= 0.6 is 0 Å². The molecule has 118 valence electrons. The van der Waals surface area contributed by atoms with Crippen molar-refractivity contribution in [2.45, 2.75) is 44.6 Å². The van der Waals surface area contributed by atoms with Crippen LogP contribution in [0.1, 0.15) is 48.9 Å². The summed E-state index contributed by atoms with van der Waals surface area (Å²) in [7, 11) is 0. The Hall–Kier alpha value is -1.84. The Morgan fingerprint density at radius 1 is 1.09 bits per heavy atom. The molecule has 22 heavy (non-hydrogen) atoms. The van der Waals surface area contributed by atoms with E-state index >= 15 is 0 Å². The molecule has 1 heterocycles. The van der Waals surface area contributed by atoms with Crippen molar-refractivity contribution in [3.8, 4) is 0 Å². The molecule has 1 aromatic carbocycles. The van der Waals surface area contributed by atoms with E-state index in [9.17, 15) is 9.59 Å². The molecule has 1 unspecified atom stereocenters. The van der Waals surface area contributed by atoms with Gasteiger partial charge in [0.25, 0.3) is 5.91 Å². The molecular formula is C18H24N2O2. The fourth-order valence-electron chi connectivity index (χ4n) is 3.04. The first-order chi connectivity index (χ1) is 10.7. The number of amides is 2. The summed E-state index contributed by atoms with van der Waals surface area (Å²) in [6, 6.07) is 9.35. The molecular weight excluding hydrogens is 276 g/mol. The van der Waals surface area contributed by atoms with E-state index in [-0.39, 0.29) is 17.9 Å². The molecule has 4 heteroatoms. The van der Waals surface area contributed by atoms with Gasteiger partial charge in [0.15, 0.2) is 0 Å². The highest BCUT2D eigenvalue weighted by atomic mass is 16.2. The van der Waals surface area contributed by atoms with Gasteiger partial charge in [-0.1, -0.05) is 18.2 Å². The first-order valence-corrected chi connectivity index (χ1v) is 8.36. The highest BCUT2D eigenvalue weighted by Crippen LogP contribution is 2.33. The first kappa shape index (κ1) is 15.1. The van der Waals surface area contributed by atoms with E-state index in [4.69, 9.17) is 0 Å². The largest absolute Gasteiger partial charge is 0.348 e. The third-order valence-electron chi connectivity index (χ3n) is 4.56. The van der Waals surface area contributed by atoms with Gasteiger partial charge in [-0.25, -0.2) is 0 Å². The van der Waals surface area contributed by atoms with Gasteiger partial charge in [0.05, 0.1) is 0 Å². The molecule has 3 rings (SSSR count). The van der Waals surface area contributed by atoms with E-state index in [1.54, 1.807) is 0 Å². The lowest BCUT2D eigenvalue weighted by atomic mass is 10.1. The number of hydrogen-bond acceptors (Lipinski definition) is 2. The zero-order chi connectivity index (χ0) is 15.4. The number of carbonyl (C=O) groups excluding carboxylic acids is 2. The number of carbonyl (C=O) groups is 2. The van der Waals surface area contributed by atoms with Crippen LogP contribution in [0.2, 0.25) is 0 Å². The van der Waals surface area contributed by atoms with Crippen molar-refractivity contribution in [2.75, 3.05) is 13.1 Å². The summed E-state index contributed by atoms with van der Waals surface area (Å²) in [6.07, 6.45) is 6.15. The summed E-state index contributed by atoms with van der Waals surface area (Å²) in [5.41, 5.74) is 0.683. The van der Waals surface area contributed by atoms with Crippen LogP contribution in [0.15, 0.2) is 30.3 Å². The zero-order valence-corrected chi connectivity index (χ0v) is 13.0. The van der Waals surface area contributed by atoms with E-state index < -0.39 is 0 Å². The predicted octanol–water partition coefficient (Wildman–Crippen LogP) is 2.60. The molecule has 4 nitrogen and oxygen atoms in total. The van der Waals surface area contributed by atoms with Crippen LogP contribution in [0, 0.1) is 5.92 Å². The molecule has 2 amide bonds. The Kier molecular flexibility index (Phi) is 4.76. The van der Waals surface area contributed by atoms with Crippen molar-refractivity contribution in [1.29, 1.82) is 0 Å². The summed E-state index contributed by atoms with van der Waals surface area (Å²) in [6.45, 7) is 1.49. The minimum atomic E-state index is -0.0397. The van der Waals surface area contributed by atoms with E-state index in [0.717, 1.165) is 25.8 Å². The van der Waals surface area contributed by atoms with Crippen molar-refractivity contribution in [2.24, 2.45) is 5.92 Å². The second-order valence-electron chi connectivity index (χ2n) is 6.52. The van der Waals surface area contributed by atoms with Crippen molar-refractivity contribution in [3.63, 3.8) is 0 Å². The highest BCUT2D eigenvalue weighted by molar-refractivity contribution is 5.94. The molecule has 1 N–H and O–H groups in total. The lowest BCUT2D eigenvalue weighted by Crippen LogP contribution is -2.44.